The van der Waals surface area contributed by atoms with Crippen LogP contribution >= 0.6 is 0 Å². The lowest BCUT2D eigenvalue weighted by atomic mass is 9.93. The second kappa shape index (κ2) is 4.83. The SMILES string of the molecule is CS(=O)c1ccc2ccc3[nH]c4cccc5c4c3c2c1-c1ccccc1-5. The van der Waals surface area contributed by atoms with Gasteiger partial charge in [0, 0.05) is 43.9 Å². The first kappa shape index (κ1) is 14.3. The zero-order valence-electron chi connectivity index (χ0n) is 14.2. The summed E-state index contributed by atoms with van der Waals surface area (Å²) in [6.45, 7) is 0. The molecule has 1 heterocycles. The fourth-order valence-corrected chi connectivity index (χ4v) is 5.26. The van der Waals surface area contributed by atoms with E-state index in [0.717, 1.165) is 21.5 Å². The van der Waals surface area contributed by atoms with E-state index in [4.69, 9.17) is 0 Å². The average molecular weight is 353 g/mol. The van der Waals surface area contributed by atoms with Crippen molar-refractivity contribution in [2.75, 3.05) is 6.26 Å². The molecule has 4 aromatic carbocycles. The summed E-state index contributed by atoms with van der Waals surface area (Å²) in [5.41, 5.74) is 7.00. The van der Waals surface area contributed by atoms with E-state index in [0.29, 0.717) is 0 Å². The summed E-state index contributed by atoms with van der Waals surface area (Å²) < 4.78 is 12.6. The van der Waals surface area contributed by atoms with Gasteiger partial charge in [0.05, 0.1) is 10.8 Å². The number of aromatic nitrogens is 1. The second-order valence-corrected chi connectivity index (χ2v) is 8.23. The van der Waals surface area contributed by atoms with Crippen LogP contribution in [0.1, 0.15) is 0 Å². The number of aromatic amines is 1. The Morgan fingerprint density at radius 2 is 1.42 bits per heavy atom. The lowest BCUT2D eigenvalue weighted by Gasteiger charge is -2.14. The van der Waals surface area contributed by atoms with Crippen molar-refractivity contribution >= 4 is 43.4 Å². The van der Waals surface area contributed by atoms with Crippen LogP contribution in [0.3, 0.4) is 0 Å². The molecule has 26 heavy (non-hydrogen) atoms. The van der Waals surface area contributed by atoms with E-state index in [1.807, 2.05) is 6.07 Å². The quantitative estimate of drug-likeness (QED) is 0.395. The largest absolute Gasteiger partial charge is 0.354 e. The van der Waals surface area contributed by atoms with Crippen LogP contribution in [0.5, 0.6) is 0 Å². The molecule has 0 amide bonds. The summed E-state index contributed by atoms with van der Waals surface area (Å²) in [5, 5.41) is 4.90. The van der Waals surface area contributed by atoms with Crippen LogP contribution in [0, 0.1) is 0 Å². The summed E-state index contributed by atoms with van der Waals surface area (Å²) in [7, 11) is -1.06. The summed E-state index contributed by atoms with van der Waals surface area (Å²) in [4.78, 5) is 4.48. The molecule has 124 valence electrons. The lowest BCUT2D eigenvalue weighted by molar-refractivity contribution is 0.687. The van der Waals surface area contributed by atoms with Gasteiger partial charge in [-0.1, -0.05) is 48.5 Å². The molecule has 5 aromatic rings. The Morgan fingerprint density at radius 3 is 2.27 bits per heavy atom. The van der Waals surface area contributed by atoms with E-state index in [9.17, 15) is 4.21 Å². The van der Waals surface area contributed by atoms with Crippen molar-refractivity contribution in [3.8, 4) is 22.3 Å². The number of rotatable bonds is 1. The van der Waals surface area contributed by atoms with Crippen LogP contribution in [-0.4, -0.2) is 15.4 Å². The molecule has 0 saturated heterocycles. The zero-order chi connectivity index (χ0) is 17.4. The van der Waals surface area contributed by atoms with Gasteiger partial charge < -0.3 is 4.98 Å². The second-order valence-electron chi connectivity index (χ2n) is 6.88. The van der Waals surface area contributed by atoms with Crippen molar-refractivity contribution in [3.63, 3.8) is 0 Å². The predicted molar refractivity (Wildman–Crippen MR) is 110 cm³/mol. The van der Waals surface area contributed by atoms with E-state index in [1.54, 1.807) is 6.26 Å². The van der Waals surface area contributed by atoms with Crippen molar-refractivity contribution in [1.82, 2.24) is 4.98 Å². The van der Waals surface area contributed by atoms with E-state index in [-0.39, 0.29) is 0 Å². The van der Waals surface area contributed by atoms with Crippen molar-refractivity contribution in [1.29, 1.82) is 0 Å². The standard InChI is InChI=1S/C23H15NOS/c1-26(25)19-12-10-13-9-11-18-23-20(13)22(19)16-6-3-2-5-14(16)15-7-4-8-17(24-18)21(15)23/h2-12,24H,1H3. The van der Waals surface area contributed by atoms with Crippen LogP contribution < -0.4 is 0 Å². The van der Waals surface area contributed by atoms with Crippen molar-refractivity contribution < 1.29 is 4.21 Å². The zero-order valence-corrected chi connectivity index (χ0v) is 15.0. The molecular formula is C23H15NOS. The Bertz CT molecular complexity index is 1410. The molecule has 0 aliphatic heterocycles. The van der Waals surface area contributed by atoms with Gasteiger partial charge in [0.2, 0.25) is 0 Å². The van der Waals surface area contributed by atoms with Crippen molar-refractivity contribution in [3.05, 3.63) is 66.7 Å². The molecule has 1 N–H and O–H groups in total. The van der Waals surface area contributed by atoms with Gasteiger partial charge in [-0.3, -0.25) is 4.21 Å². The van der Waals surface area contributed by atoms with Crippen LogP contribution in [-0.2, 0) is 10.8 Å². The number of fused-ring (bicyclic) bond motifs is 3. The summed E-state index contributed by atoms with van der Waals surface area (Å²) in [5.74, 6) is 0. The maximum atomic E-state index is 12.6. The van der Waals surface area contributed by atoms with Gasteiger partial charge in [-0.15, -0.1) is 0 Å². The van der Waals surface area contributed by atoms with Gasteiger partial charge >= 0.3 is 0 Å². The van der Waals surface area contributed by atoms with E-state index in [2.05, 4.69) is 65.6 Å². The highest BCUT2D eigenvalue weighted by molar-refractivity contribution is 7.84. The normalized spacial score (nSPS) is 13.6. The van der Waals surface area contributed by atoms with Crippen LogP contribution in [0.4, 0.5) is 0 Å². The smallest absolute Gasteiger partial charge is 0.0504 e. The molecular weight excluding hydrogens is 338 g/mol. The molecule has 1 unspecified atom stereocenters. The third kappa shape index (κ3) is 1.64. The van der Waals surface area contributed by atoms with E-state index < -0.39 is 10.8 Å². The summed E-state index contributed by atoms with van der Waals surface area (Å²) in [6, 6.07) is 23.4. The molecule has 1 aliphatic carbocycles. The Hall–Kier alpha value is -2.91. The van der Waals surface area contributed by atoms with Gasteiger partial charge in [0.1, 0.15) is 0 Å². The molecule has 1 atom stereocenters. The molecule has 0 radical (unpaired) electrons. The molecule has 1 aliphatic rings. The summed E-state index contributed by atoms with van der Waals surface area (Å²) >= 11 is 0. The Kier molecular flexibility index (Phi) is 2.65. The van der Waals surface area contributed by atoms with Gasteiger partial charge in [-0.05, 0) is 40.3 Å². The first-order valence-corrected chi connectivity index (χ1v) is 10.2. The average Bonchev–Trinajstić information content (AvgIpc) is 2.99. The minimum Gasteiger partial charge on any atom is -0.354 e. The highest BCUT2D eigenvalue weighted by atomic mass is 32.2. The first-order chi connectivity index (χ1) is 12.7. The third-order valence-corrected chi connectivity index (χ3v) is 6.49. The van der Waals surface area contributed by atoms with Crippen LogP contribution in [0.15, 0.2) is 71.6 Å². The number of benzene rings is 4. The van der Waals surface area contributed by atoms with Gasteiger partial charge in [-0.25, -0.2) is 0 Å². The molecule has 3 heteroatoms. The number of H-pyrrole nitrogens is 1. The highest BCUT2D eigenvalue weighted by Crippen LogP contribution is 2.49. The van der Waals surface area contributed by atoms with E-state index >= 15 is 0 Å². The highest BCUT2D eigenvalue weighted by Gasteiger charge is 2.24. The maximum absolute atomic E-state index is 12.6. The Morgan fingerprint density at radius 1 is 0.692 bits per heavy atom. The van der Waals surface area contributed by atoms with Gasteiger partial charge in [-0.2, -0.15) is 0 Å². The van der Waals surface area contributed by atoms with Gasteiger partial charge in [0.25, 0.3) is 0 Å². The van der Waals surface area contributed by atoms with Gasteiger partial charge in [0.15, 0.2) is 0 Å². The predicted octanol–water partition coefficient (Wildman–Crippen LogP) is 5.86. The fraction of sp³-hybridized carbons (Fsp3) is 0.0435. The Labute approximate surface area is 152 Å². The molecule has 0 saturated carbocycles. The Balaban J connectivity index is 2.05. The van der Waals surface area contributed by atoms with Crippen molar-refractivity contribution in [2.45, 2.75) is 4.90 Å². The molecule has 6 rings (SSSR count). The summed E-state index contributed by atoms with van der Waals surface area (Å²) in [6.07, 6.45) is 1.77. The van der Waals surface area contributed by atoms with Crippen LogP contribution in [0.2, 0.25) is 0 Å². The minimum absolute atomic E-state index is 0.902. The number of hydrogen-bond donors (Lipinski definition) is 1. The lowest BCUT2D eigenvalue weighted by Crippen LogP contribution is -1.95. The molecule has 0 bridgehead atoms. The molecule has 1 aromatic heterocycles. The maximum Gasteiger partial charge on any atom is 0.0504 e. The molecule has 2 nitrogen and oxygen atoms in total. The third-order valence-electron chi connectivity index (χ3n) is 5.53. The van der Waals surface area contributed by atoms with Crippen LogP contribution in [0.25, 0.3) is 54.8 Å². The topological polar surface area (TPSA) is 32.9 Å². The number of nitrogens with one attached hydrogen (secondary N) is 1. The molecule has 0 spiro atoms. The minimum atomic E-state index is -1.06. The fourth-order valence-electron chi connectivity index (χ4n) is 4.50. The van der Waals surface area contributed by atoms with Crippen molar-refractivity contribution in [2.24, 2.45) is 0 Å². The first-order valence-electron chi connectivity index (χ1n) is 8.67. The monoisotopic (exact) mass is 353 g/mol. The van der Waals surface area contributed by atoms with E-state index in [1.165, 1.54) is 38.2 Å². The number of hydrogen-bond acceptors (Lipinski definition) is 1. The molecule has 0 fully saturated rings.